The maximum Gasteiger partial charge on any atom is 0.268 e. The Bertz CT molecular complexity index is 3870. The Morgan fingerprint density at radius 3 is 1.86 bits per heavy atom. The molecule has 0 N–H and O–H groups in total. The van der Waals surface area contributed by atoms with Crippen LogP contribution in [-0.4, -0.2) is 14.1 Å². The monoisotopic (exact) mass is 1050 g/mol. The largest absolute Gasteiger partial charge is 0.510 e. The summed E-state index contributed by atoms with van der Waals surface area (Å²) in [5, 5.41) is 2.06. The molecule has 0 saturated carbocycles. The van der Waals surface area contributed by atoms with Gasteiger partial charge in [-0.2, -0.15) is 17.7 Å². The summed E-state index contributed by atoms with van der Waals surface area (Å²) < 4.78 is 100. The average molecular weight is 1050 g/mol. The molecule has 332 valence electrons. The Morgan fingerprint density at radius 2 is 1.21 bits per heavy atom. The van der Waals surface area contributed by atoms with Crippen LogP contribution in [0.2, 0.25) is 0 Å². The van der Waals surface area contributed by atoms with Gasteiger partial charge in [0.05, 0.1) is 30.4 Å². The summed E-state index contributed by atoms with van der Waals surface area (Å²) in [7, 11) is 0. The van der Waals surface area contributed by atoms with Crippen molar-refractivity contribution in [2.75, 3.05) is 0 Å². The number of para-hydroxylation sites is 3. The average Bonchev–Trinajstić information content (AvgIpc) is 3.97. The molecule has 3 heterocycles. The number of hydrogen-bond acceptors (Lipinski definition) is 2. The van der Waals surface area contributed by atoms with Crippen LogP contribution in [-0.2, 0) is 37.3 Å². The van der Waals surface area contributed by atoms with Crippen molar-refractivity contribution in [2.24, 2.45) is 0 Å². The van der Waals surface area contributed by atoms with Crippen LogP contribution in [0.4, 0.5) is 0 Å². The summed E-state index contributed by atoms with van der Waals surface area (Å²) in [6, 6.07) is 32.7. The van der Waals surface area contributed by atoms with Gasteiger partial charge in [-0.3, -0.25) is 4.57 Å². The zero-order chi connectivity index (χ0) is 54.0. The van der Waals surface area contributed by atoms with E-state index in [1.165, 1.54) is 5.56 Å². The number of pyridine rings is 1. The van der Waals surface area contributed by atoms with Crippen molar-refractivity contribution in [3.8, 4) is 50.9 Å². The van der Waals surface area contributed by atoms with Gasteiger partial charge in [0, 0.05) is 44.3 Å². The van der Waals surface area contributed by atoms with Crippen LogP contribution in [0, 0.1) is 18.5 Å². The van der Waals surface area contributed by atoms with Crippen LogP contribution >= 0.6 is 0 Å². The first kappa shape index (κ1) is 33.9. The second-order valence-electron chi connectivity index (χ2n) is 19.5. The van der Waals surface area contributed by atoms with Gasteiger partial charge in [0.25, 0.3) is 6.33 Å². The molecule has 0 radical (unpaired) electrons. The van der Waals surface area contributed by atoms with Gasteiger partial charge in [-0.25, -0.2) is 4.98 Å². The quantitative estimate of drug-likeness (QED) is 0.118. The number of rotatable bonds is 7. The Kier molecular flexibility index (Phi) is 8.73. The fourth-order valence-electron chi connectivity index (χ4n) is 8.31. The van der Waals surface area contributed by atoms with Gasteiger partial charge in [-0.05, 0) is 78.9 Å². The summed E-state index contributed by atoms with van der Waals surface area (Å²) in [5.74, 6) is 1.58. The molecule has 5 nitrogen and oxygen atoms in total. The molecule has 0 spiro atoms. The Hall–Kier alpha value is -6.55. The molecular weight excluding hydrogens is 988 g/mol. The van der Waals surface area contributed by atoms with E-state index in [9.17, 15) is 0 Å². The van der Waals surface area contributed by atoms with Crippen molar-refractivity contribution in [1.29, 1.82) is 0 Å². The summed E-state index contributed by atoms with van der Waals surface area (Å²) in [5.41, 5.74) is 6.25. The van der Waals surface area contributed by atoms with Crippen LogP contribution in [0.15, 0.2) is 164 Å². The molecule has 0 unspecified atom stereocenters. The molecule has 7 aromatic carbocycles. The van der Waals surface area contributed by atoms with E-state index in [-0.39, 0.29) is 59.8 Å². The molecule has 0 amide bonds. The van der Waals surface area contributed by atoms with Gasteiger partial charge in [0.15, 0.2) is 0 Å². The summed E-state index contributed by atoms with van der Waals surface area (Å²) in [4.78, 5) is 4.90. The first-order valence-corrected chi connectivity index (χ1v) is 21.7. The summed E-state index contributed by atoms with van der Waals surface area (Å²) in [6.45, 7) is 19.4. The summed E-state index contributed by atoms with van der Waals surface area (Å²) in [6.07, 6.45) is 5.34. The Labute approximate surface area is 417 Å². The number of imidazole rings is 1. The van der Waals surface area contributed by atoms with Crippen LogP contribution in [0.3, 0.4) is 0 Å². The first-order valence-electron chi connectivity index (χ1n) is 26.7. The number of aromatic nitrogens is 4. The van der Waals surface area contributed by atoms with E-state index in [1.54, 1.807) is 27.3 Å². The maximum atomic E-state index is 9.10. The van der Waals surface area contributed by atoms with Crippen molar-refractivity contribution >= 4 is 32.8 Å². The molecule has 0 aliphatic carbocycles. The number of benzene rings is 7. The van der Waals surface area contributed by atoms with Gasteiger partial charge < -0.3 is 13.9 Å². The van der Waals surface area contributed by atoms with Crippen LogP contribution in [0.25, 0.3) is 72.3 Å². The fourth-order valence-corrected chi connectivity index (χ4v) is 8.31. The third-order valence-corrected chi connectivity index (χ3v) is 11.9. The predicted molar refractivity (Wildman–Crippen MR) is 267 cm³/mol. The molecule has 0 aliphatic heterocycles. The van der Waals surface area contributed by atoms with Gasteiger partial charge in [0.2, 0.25) is 0 Å². The summed E-state index contributed by atoms with van der Waals surface area (Å²) >= 11 is 0. The first-order chi connectivity index (χ1) is 35.3. The maximum absolute atomic E-state index is 9.10. The van der Waals surface area contributed by atoms with Gasteiger partial charge >= 0.3 is 0 Å². The molecule has 6 heteroatoms. The molecule has 0 saturated heterocycles. The van der Waals surface area contributed by atoms with Gasteiger partial charge in [0.1, 0.15) is 5.82 Å². The second-order valence-corrected chi connectivity index (χ2v) is 19.5. The van der Waals surface area contributed by atoms with E-state index in [1.807, 2.05) is 48.7 Å². The molecule has 0 aliphatic rings. The topological polar surface area (TPSA) is 35.9 Å². The van der Waals surface area contributed by atoms with Crippen LogP contribution < -0.4 is 9.30 Å². The second kappa shape index (κ2) is 17.0. The Morgan fingerprint density at radius 1 is 0.576 bits per heavy atom. The van der Waals surface area contributed by atoms with Crippen LogP contribution in [0.1, 0.15) is 92.7 Å². The van der Waals surface area contributed by atoms with Crippen LogP contribution in [0.5, 0.6) is 11.5 Å². The molecule has 10 aromatic rings. The minimum Gasteiger partial charge on any atom is -0.510 e. The molecule has 0 fully saturated rings. The minimum absolute atomic E-state index is 0. The van der Waals surface area contributed by atoms with Gasteiger partial charge in [-0.15, -0.1) is 29.7 Å². The third-order valence-electron chi connectivity index (χ3n) is 11.9. The zero-order valence-electron chi connectivity index (χ0n) is 48.3. The van der Waals surface area contributed by atoms with Gasteiger partial charge in [-0.1, -0.05) is 183 Å². The van der Waals surface area contributed by atoms with Crippen molar-refractivity contribution < 1.29 is 44.1 Å². The van der Waals surface area contributed by atoms with E-state index in [0.717, 1.165) is 38.8 Å². The zero-order valence-corrected chi connectivity index (χ0v) is 40.6. The van der Waals surface area contributed by atoms with E-state index in [0.29, 0.717) is 28.2 Å². The number of hydrogen-bond donors (Lipinski definition) is 0. The fraction of sp³-hybridized carbons (Fsp3) is 0.200. The standard InChI is InChI=1S/C60H54N4O.Pt/c1-58(2,3)42-27-30-52-51(35-42)50-29-28-46(38-55(50)64(52)56-36-43(31-32-61-56)59(4,5)6)65-47-34-44(60(7,8)9)33-45(37-47)62-39-63(54-26-17-16-25-53(54)62)57-48(40-19-12-10-13-20-40)23-18-24-49(57)41-21-14-11-15-22-41;/h10-36H,1-9H3;/q-2;/i10D,11D,12D,13D,14D,15D,19D,20D,21D,22D;. The molecular formula is C60H54N4OPt-2. The molecule has 3 aromatic heterocycles. The minimum atomic E-state index is -0.572. The number of fused-ring (bicyclic) bond motifs is 4. The van der Waals surface area contributed by atoms with E-state index in [2.05, 4.69) is 122 Å². The van der Waals surface area contributed by atoms with E-state index in [4.69, 9.17) is 23.4 Å². The molecule has 66 heavy (non-hydrogen) atoms. The number of ether oxygens (including phenoxy) is 1. The van der Waals surface area contributed by atoms with Crippen molar-refractivity contribution in [2.45, 2.75) is 78.6 Å². The molecule has 10 rings (SSSR count). The van der Waals surface area contributed by atoms with Crippen molar-refractivity contribution in [3.05, 3.63) is 199 Å². The SMILES string of the molecule is [2H]c1c([2H])c([2H])c(-c2cccc(-c3c([2H])c([2H])c([2H])c([2H])c3[2H])c2-[n+]2[c-]n(-c3[c-]c(Oc4[c-]c5c(cc4)c4cc(C(C)(C)C)ccc4n5-c4cc(C(C)(C)C)ccn4)cc(C(C)(C)C)c3)c3ccccc32)c([2H])c1[2H].[Pt]. The van der Waals surface area contributed by atoms with Crippen molar-refractivity contribution in [1.82, 2.24) is 14.1 Å². The third kappa shape index (κ3) is 8.31. The molecule has 0 bridgehead atoms. The van der Waals surface area contributed by atoms with E-state index >= 15 is 0 Å². The normalized spacial score (nSPS) is 14.3. The smallest absolute Gasteiger partial charge is 0.268 e. The van der Waals surface area contributed by atoms with Crippen molar-refractivity contribution in [3.63, 3.8) is 0 Å². The van der Waals surface area contributed by atoms with E-state index < -0.39 is 65.8 Å². The number of nitrogens with zero attached hydrogens (tertiary/aromatic N) is 4. The molecule has 0 atom stereocenters. The Balaban J connectivity index is 0.00000706. The predicted octanol–water partition coefficient (Wildman–Crippen LogP) is 14.8.